The van der Waals surface area contributed by atoms with E-state index in [0.29, 0.717) is 12.8 Å². The molecule has 0 aliphatic rings. The Balaban J connectivity index is 3.21. The van der Waals surface area contributed by atoms with E-state index in [9.17, 15) is 9.59 Å². The maximum Gasteiger partial charge on any atom is 0.342 e. The summed E-state index contributed by atoms with van der Waals surface area (Å²) >= 11 is 0. The maximum absolute atomic E-state index is 10.3. The second-order valence-corrected chi connectivity index (χ2v) is 2.13. The highest BCUT2D eigenvalue weighted by Crippen LogP contribution is 2.01. The molecule has 70 valence electrons. The Morgan fingerprint density at radius 2 is 1.25 bits per heavy atom. The predicted octanol–water partition coefficient (Wildman–Crippen LogP) is 0.579. The largest absolute Gasteiger partial charge is 0.342 e. The Bertz CT molecular complexity index is 136. The van der Waals surface area contributed by atoms with Crippen LogP contribution in [0, 0.1) is 0 Å². The molecule has 6 heteroatoms. The van der Waals surface area contributed by atoms with E-state index in [-0.39, 0.29) is 12.8 Å². The summed E-state index contributed by atoms with van der Waals surface area (Å²) in [6.07, 6.45) is 0.868. The van der Waals surface area contributed by atoms with E-state index in [0.717, 1.165) is 0 Å². The van der Waals surface area contributed by atoms with Crippen molar-refractivity contribution in [2.24, 2.45) is 0 Å². The van der Waals surface area contributed by atoms with Crippen molar-refractivity contribution in [1.82, 2.24) is 0 Å². The van der Waals surface area contributed by atoms with Crippen LogP contribution in [-0.4, -0.2) is 22.5 Å². The van der Waals surface area contributed by atoms with Crippen LogP contribution in [-0.2, 0) is 19.4 Å². The molecule has 0 radical (unpaired) electrons. The van der Waals surface area contributed by atoms with E-state index in [2.05, 4.69) is 9.78 Å². The van der Waals surface area contributed by atoms with Gasteiger partial charge in [-0.05, 0) is 12.8 Å². The van der Waals surface area contributed by atoms with Crippen LogP contribution >= 0.6 is 0 Å². The van der Waals surface area contributed by atoms with Gasteiger partial charge in [-0.2, -0.15) is 10.5 Å². The van der Waals surface area contributed by atoms with Crippen LogP contribution in [0.2, 0.25) is 0 Å². The van der Waals surface area contributed by atoms with E-state index in [4.69, 9.17) is 10.5 Å². The molecule has 0 aliphatic carbocycles. The molecule has 0 aromatic carbocycles. The highest BCUT2D eigenvalue weighted by molar-refractivity contribution is 5.69. The van der Waals surface area contributed by atoms with Gasteiger partial charge in [-0.1, -0.05) is 0 Å². The van der Waals surface area contributed by atoms with Gasteiger partial charge in [0.15, 0.2) is 0 Å². The van der Waals surface area contributed by atoms with Gasteiger partial charge in [0, 0.05) is 12.8 Å². The van der Waals surface area contributed by atoms with E-state index < -0.39 is 11.9 Å². The molecule has 0 heterocycles. The number of rotatable bonds is 5. The molecule has 0 amide bonds. The van der Waals surface area contributed by atoms with Gasteiger partial charge in [0.25, 0.3) is 0 Å². The molecule has 0 rings (SSSR count). The zero-order valence-electron chi connectivity index (χ0n) is 6.36. The van der Waals surface area contributed by atoms with Crippen LogP contribution in [0.15, 0.2) is 0 Å². The highest BCUT2D eigenvalue weighted by atomic mass is 17.1. The average molecular weight is 178 g/mol. The topological polar surface area (TPSA) is 93.1 Å². The number of hydrogen-bond acceptors (Lipinski definition) is 6. The molecule has 6 nitrogen and oxygen atoms in total. The minimum atomic E-state index is -0.743. The standard InChI is InChI=1S/C6H10O6/c7-5(11-9)3-1-2-4-6(8)12-10/h9-10H,1-4H2. The second kappa shape index (κ2) is 6.56. The molecule has 2 N–H and O–H groups in total. The first-order valence-corrected chi connectivity index (χ1v) is 3.39. The summed E-state index contributed by atoms with van der Waals surface area (Å²) in [7, 11) is 0. The summed E-state index contributed by atoms with van der Waals surface area (Å²) in [5.74, 6) is -1.49. The second-order valence-electron chi connectivity index (χ2n) is 2.13. The lowest BCUT2D eigenvalue weighted by molar-refractivity contribution is -0.235. The normalized spacial score (nSPS) is 9.17. The molecule has 12 heavy (non-hydrogen) atoms. The summed E-state index contributed by atoms with van der Waals surface area (Å²) in [5.41, 5.74) is 0. The molecule has 0 atom stereocenters. The Morgan fingerprint density at radius 1 is 0.917 bits per heavy atom. The number of unbranched alkanes of at least 4 members (excludes halogenated alkanes) is 1. The van der Waals surface area contributed by atoms with Gasteiger partial charge in [-0.3, -0.25) is 0 Å². The van der Waals surface area contributed by atoms with Gasteiger partial charge >= 0.3 is 11.9 Å². The SMILES string of the molecule is O=C(CCCCC(=O)OO)OO. The quantitative estimate of drug-likeness (QED) is 0.363. The van der Waals surface area contributed by atoms with Crippen LogP contribution in [0.25, 0.3) is 0 Å². The molecule has 0 saturated carbocycles. The van der Waals surface area contributed by atoms with E-state index in [1.807, 2.05) is 0 Å². The molecule has 0 saturated heterocycles. The number of carbonyl (C=O) groups excluding carboxylic acids is 2. The molecule has 0 aromatic rings. The Hall–Kier alpha value is -1.14. The Morgan fingerprint density at radius 3 is 1.50 bits per heavy atom. The third-order valence-electron chi connectivity index (χ3n) is 1.22. The van der Waals surface area contributed by atoms with Crippen LogP contribution in [0.4, 0.5) is 0 Å². The molecule has 0 aromatic heterocycles. The Labute approximate surface area is 68.6 Å². The van der Waals surface area contributed by atoms with Crippen molar-refractivity contribution in [2.45, 2.75) is 25.7 Å². The third kappa shape index (κ3) is 5.63. The van der Waals surface area contributed by atoms with Crippen molar-refractivity contribution in [3.05, 3.63) is 0 Å². The van der Waals surface area contributed by atoms with Gasteiger partial charge in [0.05, 0.1) is 0 Å². The van der Waals surface area contributed by atoms with Crippen molar-refractivity contribution < 1.29 is 29.9 Å². The predicted molar refractivity (Wildman–Crippen MR) is 35.9 cm³/mol. The molecule has 0 aliphatic heterocycles. The van der Waals surface area contributed by atoms with Crippen LogP contribution < -0.4 is 0 Å². The lowest BCUT2D eigenvalue weighted by Crippen LogP contribution is -2.03. The van der Waals surface area contributed by atoms with Crippen LogP contribution in [0.3, 0.4) is 0 Å². The zero-order valence-corrected chi connectivity index (χ0v) is 6.36. The molecule has 0 spiro atoms. The fraction of sp³-hybridized carbons (Fsp3) is 0.667. The van der Waals surface area contributed by atoms with Gasteiger partial charge < -0.3 is 9.78 Å². The van der Waals surface area contributed by atoms with Gasteiger partial charge in [-0.25, -0.2) is 9.59 Å². The van der Waals surface area contributed by atoms with Crippen molar-refractivity contribution in [3.63, 3.8) is 0 Å². The van der Waals surface area contributed by atoms with E-state index >= 15 is 0 Å². The van der Waals surface area contributed by atoms with Gasteiger partial charge in [0.2, 0.25) is 0 Å². The smallest absolute Gasteiger partial charge is 0.301 e. The van der Waals surface area contributed by atoms with Gasteiger partial charge in [0.1, 0.15) is 0 Å². The first kappa shape index (κ1) is 10.9. The molecule has 0 bridgehead atoms. The van der Waals surface area contributed by atoms with Crippen molar-refractivity contribution in [3.8, 4) is 0 Å². The van der Waals surface area contributed by atoms with E-state index in [1.165, 1.54) is 0 Å². The summed E-state index contributed by atoms with van der Waals surface area (Å²) in [5, 5.41) is 15.6. The summed E-state index contributed by atoms with van der Waals surface area (Å²) in [4.78, 5) is 27.3. The fourth-order valence-electron chi connectivity index (χ4n) is 0.630. The third-order valence-corrected chi connectivity index (χ3v) is 1.22. The molecule has 0 unspecified atom stereocenters. The highest BCUT2D eigenvalue weighted by Gasteiger charge is 2.04. The lowest BCUT2D eigenvalue weighted by atomic mass is 10.2. The summed E-state index contributed by atoms with van der Waals surface area (Å²) < 4.78 is 0. The summed E-state index contributed by atoms with van der Waals surface area (Å²) in [6.45, 7) is 0. The number of hydrogen-bond donors (Lipinski definition) is 2. The first-order valence-electron chi connectivity index (χ1n) is 3.39. The molecular formula is C6H10O6. The van der Waals surface area contributed by atoms with E-state index in [1.54, 1.807) is 0 Å². The molecular weight excluding hydrogens is 168 g/mol. The monoisotopic (exact) mass is 178 g/mol. The zero-order chi connectivity index (χ0) is 9.40. The van der Waals surface area contributed by atoms with Gasteiger partial charge in [-0.15, -0.1) is 0 Å². The fourth-order valence-corrected chi connectivity index (χ4v) is 0.630. The average Bonchev–Trinajstić information content (AvgIpc) is 2.11. The van der Waals surface area contributed by atoms with Crippen LogP contribution in [0.1, 0.15) is 25.7 Å². The summed E-state index contributed by atoms with van der Waals surface area (Å²) in [6, 6.07) is 0. The van der Waals surface area contributed by atoms with Crippen molar-refractivity contribution in [2.75, 3.05) is 0 Å². The lowest BCUT2D eigenvalue weighted by Gasteiger charge is -1.96. The molecule has 0 fully saturated rings. The van der Waals surface area contributed by atoms with Crippen LogP contribution in [0.5, 0.6) is 0 Å². The maximum atomic E-state index is 10.3. The minimum Gasteiger partial charge on any atom is -0.301 e. The van der Waals surface area contributed by atoms with Crippen molar-refractivity contribution in [1.29, 1.82) is 0 Å². The minimum absolute atomic E-state index is 0.0369. The first-order chi connectivity index (χ1) is 5.70. The Kier molecular flexibility index (Phi) is 5.94. The van der Waals surface area contributed by atoms with Crippen molar-refractivity contribution >= 4 is 11.9 Å². The number of carbonyl (C=O) groups is 2.